The van der Waals surface area contributed by atoms with Crippen LogP contribution in [0.2, 0.25) is 0 Å². The van der Waals surface area contributed by atoms with Crippen LogP contribution in [0, 0.1) is 46.3 Å². The molecule has 164 valence electrons. The predicted octanol–water partition coefficient (Wildman–Crippen LogP) is 6.19. The van der Waals surface area contributed by atoms with Gasteiger partial charge in [-0.3, -0.25) is 9.59 Å². The molecule has 0 heterocycles. The standard InChI is InChI=1S/C26H42O3/c1-5-29-24(28)14-9-17(2)20-12-13-21-19-11-10-18-8-6-7-15-25(18,3)22(19)16-23(27)26(20,21)4/h17-22H,5-16H2,1-4H3/t17-,18+,19+,20-,21+,22+,25+,26-/m1/s1. The molecular weight excluding hydrogens is 360 g/mol. The van der Waals surface area contributed by atoms with Crippen molar-refractivity contribution in [1.29, 1.82) is 0 Å². The summed E-state index contributed by atoms with van der Waals surface area (Å²) < 4.78 is 5.13. The molecular formula is C26H42O3. The molecule has 4 rings (SSSR count). The van der Waals surface area contributed by atoms with Gasteiger partial charge in [-0.1, -0.05) is 33.6 Å². The van der Waals surface area contributed by atoms with E-state index in [1.807, 2.05) is 6.92 Å². The first-order chi connectivity index (χ1) is 13.8. The van der Waals surface area contributed by atoms with Gasteiger partial charge in [-0.2, -0.15) is 0 Å². The topological polar surface area (TPSA) is 43.4 Å². The van der Waals surface area contributed by atoms with E-state index in [1.54, 1.807) is 0 Å². The van der Waals surface area contributed by atoms with E-state index in [0.717, 1.165) is 24.7 Å². The Morgan fingerprint density at radius 2 is 1.90 bits per heavy atom. The summed E-state index contributed by atoms with van der Waals surface area (Å²) in [7, 11) is 0. The largest absolute Gasteiger partial charge is 0.466 e. The lowest BCUT2D eigenvalue weighted by Gasteiger charge is -2.60. The Kier molecular flexibility index (Phi) is 5.90. The number of hydrogen-bond acceptors (Lipinski definition) is 3. The molecule has 0 saturated heterocycles. The van der Waals surface area contributed by atoms with Crippen molar-refractivity contribution in [2.45, 2.75) is 98.3 Å². The smallest absolute Gasteiger partial charge is 0.305 e. The quantitative estimate of drug-likeness (QED) is 0.515. The first-order valence-electron chi connectivity index (χ1n) is 12.5. The van der Waals surface area contributed by atoms with Gasteiger partial charge in [0.1, 0.15) is 5.78 Å². The minimum Gasteiger partial charge on any atom is -0.466 e. The predicted molar refractivity (Wildman–Crippen MR) is 115 cm³/mol. The van der Waals surface area contributed by atoms with Gasteiger partial charge in [-0.25, -0.2) is 0 Å². The minimum absolute atomic E-state index is 0.0855. The van der Waals surface area contributed by atoms with Crippen LogP contribution >= 0.6 is 0 Å². The van der Waals surface area contributed by atoms with E-state index >= 15 is 0 Å². The molecule has 0 aromatic carbocycles. The zero-order chi connectivity index (χ0) is 20.8. The Morgan fingerprint density at radius 1 is 1.10 bits per heavy atom. The van der Waals surface area contributed by atoms with Crippen LogP contribution in [0.5, 0.6) is 0 Å². The zero-order valence-corrected chi connectivity index (χ0v) is 19.2. The molecule has 0 aliphatic heterocycles. The summed E-state index contributed by atoms with van der Waals surface area (Å²) in [6.07, 6.45) is 12.8. The first-order valence-corrected chi connectivity index (χ1v) is 12.5. The molecule has 0 N–H and O–H groups in total. The number of hydrogen-bond donors (Lipinski definition) is 0. The number of ketones is 1. The van der Waals surface area contributed by atoms with Gasteiger partial charge >= 0.3 is 5.97 Å². The maximum absolute atomic E-state index is 13.7. The van der Waals surface area contributed by atoms with E-state index in [0.29, 0.717) is 47.9 Å². The number of carbonyl (C=O) groups is 2. The second kappa shape index (κ2) is 8.00. The minimum atomic E-state index is -0.160. The van der Waals surface area contributed by atoms with Crippen LogP contribution in [0.15, 0.2) is 0 Å². The molecule has 4 fully saturated rings. The van der Waals surface area contributed by atoms with Crippen LogP contribution in [-0.4, -0.2) is 18.4 Å². The number of ether oxygens (including phenoxy) is 1. The fourth-order valence-electron chi connectivity index (χ4n) is 8.72. The van der Waals surface area contributed by atoms with Gasteiger partial charge in [0, 0.05) is 18.3 Å². The average Bonchev–Trinajstić information content (AvgIpc) is 3.06. The van der Waals surface area contributed by atoms with Gasteiger partial charge in [-0.05, 0) is 92.8 Å². The summed E-state index contributed by atoms with van der Waals surface area (Å²) in [5, 5.41) is 0. The summed E-state index contributed by atoms with van der Waals surface area (Å²) in [5.74, 6) is 4.13. The zero-order valence-electron chi connectivity index (χ0n) is 19.2. The summed E-state index contributed by atoms with van der Waals surface area (Å²) >= 11 is 0. The van der Waals surface area contributed by atoms with E-state index < -0.39 is 0 Å². The highest BCUT2D eigenvalue weighted by Gasteiger charge is 2.63. The van der Waals surface area contributed by atoms with Crippen LogP contribution in [0.25, 0.3) is 0 Å². The third-order valence-corrected chi connectivity index (χ3v) is 10.3. The Morgan fingerprint density at radius 3 is 2.66 bits per heavy atom. The lowest BCUT2D eigenvalue weighted by Crippen LogP contribution is -2.56. The molecule has 0 aromatic rings. The van der Waals surface area contributed by atoms with Crippen molar-refractivity contribution in [3.05, 3.63) is 0 Å². The van der Waals surface area contributed by atoms with Crippen LogP contribution in [0.3, 0.4) is 0 Å². The van der Waals surface area contributed by atoms with Crippen LogP contribution in [-0.2, 0) is 14.3 Å². The van der Waals surface area contributed by atoms with E-state index in [-0.39, 0.29) is 11.4 Å². The van der Waals surface area contributed by atoms with Crippen molar-refractivity contribution >= 4 is 11.8 Å². The van der Waals surface area contributed by atoms with Gasteiger partial charge in [0.2, 0.25) is 0 Å². The summed E-state index contributed by atoms with van der Waals surface area (Å²) in [4.78, 5) is 25.6. The fraction of sp³-hybridized carbons (Fsp3) is 0.923. The maximum atomic E-state index is 13.7. The Balaban J connectivity index is 1.51. The molecule has 4 aliphatic rings. The summed E-state index contributed by atoms with van der Waals surface area (Å²) in [6.45, 7) is 9.44. The number of esters is 1. The lowest BCUT2D eigenvalue weighted by molar-refractivity contribution is -0.157. The Labute approximate surface area is 177 Å². The maximum Gasteiger partial charge on any atom is 0.305 e. The van der Waals surface area contributed by atoms with Crippen molar-refractivity contribution in [3.8, 4) is 0 Å². The van der Waals surface area contributed by atoms with Gasteiger partial charge in [0.15, 0.2) is 0 Å². The molecule has 3 heteroatoms. The number of fused-ring (bicyclic) bond motifs is 5. The molecule has 0 unspecified atom stereocenters. The molecule has 0 aromatic heterocycles. The van der Waals surface area contributed by atoms with Crippen LogP contribution < -0.4 is 0 Å². The molecule has 29 heavy (non-hydrogen) atoms. The highest BCUT2D eigenvalue weighted by atomic mass is 16.5. The van der Waals surface area contributed by atoms with Gasteiger partial charge < -0.3 is 4.74 Å². The molecule has 0 spiro atoms. The van der Waals surface area contributed by atoms with Crippen molar-refractivity contribution in [3.63, 3.8) is 0 Å². The molecule has 0 radical (unpaired) electrons. The van der Waals surface area contributed by atoms with Crippen molar-refractivity contribution in [1.82, 2.24) is 0 Å². The number of rotatable bonds is 5. The molecule has 0 bridgehead atoms. The van der Waals surface area contributed by atoms with E-state index in [2.05, 4.69) is 20.8 Å². The second-order valence-electron chi connectivity index (χ2n) is 11.3. The van der Waals surface area contributed by atoms with E-state index in [9.17, 15) is 9.59 Å². The fourth-order valence-corrected chi connectivity index (χ4v) is 8.72. The van der Waals surface area contributed by atoms with E-state index in [1.165, 1.54) is 51.4 Å². The second-order valence-corrected chi connectivity index (χ2v) is 11.3. The van der Waals surface area contributed by atoms with Crippen LogP contribution in [0.4, 0.5) is 0 Å². The highest BCUT2D eigenvalue weighted by Crippen LogP contribution is 2.67. The Hall–Kier alpha value is -0.860. The molecule has 4 saturated carbocycles. The van der Waals surface area contributed by atoms with Crippen molar-refractivity contribution in [2.75, 3.05) is 6.61 Å². The van der Waals surface area contributed by atoms with Crippen molar-refractivity contribution in [2.24, 2.45) is 46.3 Å². The third-order valence-electron chi connectivity index (χ3n) is 10.3. The lowest BCUT2D eigenvalue weighted by atomic mass is 9.44. The normalized spacial score (nSPS) is 45.1. The third kappa shape index (κ3) is 3.39. The van der Waals surface area contributed by atoms with E-state index in [4.69, 9.17) is 4.74 Å². The monoisotopic (exact) mass is 402 g/mol. The SMILES string of the molecule is CCOC(=O)CC[C@@H](C)[C@H]1CC[C@H]2[C@@H]3CC[C@@H]4CCCC[C@]4(C)[C@H]3CC(=O)[C@]12C. The first kappa shape index (κ1) is 21.4. The van der Waals surface area contributed by atoms with Gasteiger partial charge in [-0.15, -0.1) is 0 Å². The van der Waals surface area contributed by atoms with Gasteiger partial charge in [0.05, 0.1) is 6.61 Å². The number of carbonyl (C=O) groups excluding carboxylic acids is 2. The van der Waals surface area contributed by atoms with Crippen LogP contribution in [0.1, 0.15) is 98.3 Å². The Bertz CT molecular complexity index is 642. The highest BCUT2D eigenvalue weighted by molar-refractivity contribution is 5.87. The molecule has 0 amide bonds. The molecule has 8 atom stereocenters. The molecule has 4 aliphatic carbocycles. The summed E-state index contributed by atoms with van der Waals surface area (Å²) in [5.41, 5.74) is 0.249. The molecule has 3 nitrogen and oxygen atoms in total. The number of Topliss-reactive ketones (excluding diaryl/α,β-unsaturated/α-hetero) is 1. The summed E-state index contributed by atoms with van der Waals surface area (Å²) in [6, 6.07) is 0. The van der Waals surface area contributed by atoms with Crippen molar-refractivity contribution < 1.29 is 14.3 Å². The van der Waals surface area contributed by atoms with Gasteiger partial charge in [0.25, 0.3) is 0 Å². The average molecular weight is 403 g/mol.